The van der Waals surface area contributed by atoms with Crippen molar-refractivity contribution in [3.8, 4) is 62.1 Å². The predicted molar refractivity (Wildman–Crippen MR) is 403 cm³/mol. The van der Waals surface area contributed by atoms with Crippen LogP contribution in [0.3, 0.4) is 0 Å². The van der Waals surface area contributed by atoms with Crippen LogP contribution in [-0.2, 0) is 0 Å². The molecule has 0 unspecified atom stereocenters. The van der Waals surface area contributed by atoms with Crippen molar-refractivity contribution in [3.05, 3.63) is 297 Å². The van der Waals surface area contributed by atoms with E-state index in [1.807, 2.05) is 34.0 Å². The maximum Gasteiger partial charge on any atom is 0.237 e. The quantitative estimate of drug-likeness (QED) is 0.160. The van der Waals surface area contributed by atoms with Gasteiger partial charge in [0, 0.05) is 110 Å². The summed E-state index contributed by atoms with van der Waals surface area (Å²) in [5.41, 5.74) is 16.6. The van der Waals surface area contributed by atoms with Gasteiger partial charge in [0.05, 0.1) is 44.5 Å². The van der Waals surface area contributed by atoms with E-state index in [0.717, 1.165) is 88.2 Å². The molecule has 0 fully saturated rings. The van der Waals surface area contributed by atoms with Crippen molar-refractivity contribution >= 4 is 171 Å². The van der Waals surface area contributed by atoms with E-state index < -0.39 is 0 Å². The van der Waals surface area contributed by atoms with E-state index in [1.54, 1.807) is 0 Å². The van der Waals surface area contributed by atoms with Gasteiger partial charge in [-0.3, -0.25) is 9.13 Å². The smallest absolute Gasteiger partial charge is 0.237 e. The molecule has 0 N–H and O–H groups in total. The molecule has 0 bridgehead atoms. The minimum atomic E-state index is 0.593. The molecule has 0 radical (unpaired) electrons. The van der Waals surface area contributed by atoms with Crippen LogP contribution in [0.15, 0.2) is 297 Å². The van der Waals surface area contributed by atoms with Gasteiger partial charge in [0.1, 0.15) is 5.82 Å². The molecule has 14 aromatic carbocycles. The van der Waals surface area contributed by atoms with Gasteiger partial charge in [-0.1, -0.05) is 194 Å². The predicted octanol–water partition coefficient (Wildman–Crippen LogP) is 24.7. The zero-order valence-electron chi connectivity index (χ0n) is 50.3. The Morgan fingerprint density at radius 2 is 0.553 bits per heavy atom. The second kappa shape index (κ2) is 20.0. The monoisotopic (exact) mass is 1250 g/mol. The third-order valence-corrected chi connectivity index (χ3v) is 23.1. The minimum absolute atomic E-state index is 0.593. The second-order valence-corrected chi connectivity index (χ2v) is 28.0. The summed E-state index contributed by atoms with van der Waals surface area (Å²) in [4.78, 5) is 11.6. The highest BCUT2D eigenvalue weighted by Gasteiger charge is 2.24. The van der Waals surface area contributed by atoms with Crippen LogP contribution in [0.2, 0.25) is 0 Å². The molecule has 0 aliphatic rings. The lowest BCUT2D eigenvalue weighted by atomic mass is 9.99. The molecule has 0 atom stereocenters. The normalized spacial score (nSPS) is 12.3. The number of rotatable bonds is 7. The molecule has 0 spiro atoms. The summed E-state index contributed by atoms with van der Waals surface area (Å²) in [5.74, 6) is 1.37. The molecule has 7 aromatic heterocycles. The lowest BCUT2D eigenvalue weighted by Gasteiger charge is -2.17. The van der Waals surface area contributed by atoms with Crippen molar-refractivity contribution in [3.63, 3.8) is 0 Å². The summed E-state index contributed by atoms with van der Waals surface area (Å²) < 4.78 is 14.9. The number of thiophene rings is 3. The molecule has 7 heterocycles. The largest absolute Gasteiger partial charge is 0.309 e. The Labute approximate surface area is 549 Å². The van der Waals surface area contributed by atoms with Gasteiger partial charge in [0.2, 0.25) is 5.95 Å². The fourth-order valence-electron chi connectivity index (χ4n) is 15.4. The van der Waals surface area contributed by atoms with E-state index in [-0.39, 0.29) is 0 Å². The van der Waals surface area contributed by atoms with Crippen LogP contribution in [0.5, 0.6) is 0 Å². The number of hydrogen-bond acceptors (Lipinski definition) is 5. The van der Waals surface area contributed by atoms with E-state index in [0.29, 0.717) is 5.95 Å². The van der Waals surface area contributed by atoms with Crippen molar-refractivity contribution in [2.45, 2.75) is 0 Å². The first kappa shape index (κ1) is 52.1. The SMILES string of the molecule is c1ccc2c(c1)sc1cc(-c3ccc4c(c3)c3ccccc3n4-c3cc(-c4ccc(-n5c6ccccc6c6cc(-c7ccc8c(c7)sc7ccccc78)ccc65)c5ccccc45)nc(-n4c5ccccc5c5cc(-c6ccc7c(c6)sc6ccccc67)ccc54)n3)ccc12. The number of fused-ring (bicyclic) bond motifs is 19. The topological polar surface area (TPSA) is 40.6 Å². The number of para-hydroxylation sites is 3. The molecule has 436 valence electrons. The average molecular weight is 1250 g/mol. The van der Waals surface area contributed by atoms with Crippen molar-refractivity contribution < 1.29 is 0 Å². The summed E-state index contributed by atoms with van der Waals surface area (Å²) >= 11 is 5.58. The first-order valence-corrected chi connectivity index (χ1v) is 34.3. The molecule has 8 heteroatoms. The van der Waals surface area contributed by atoms with Crippen LogP contribution in [0, 0.1) is 0 Å². The first-order chi connectivity index (χ1) is 46.6. The highest BCUT2D eigenvalue weighted by atomic mass is 32.1. The van der Waals surface area contributed by atoms with Gasteiger partial charge in [-0.2, -0.15) is 4.98 Å². The van der Waals surface area contributed by atoms with Gasteiger partial charge >= 0.3 is 0 Å². The maximum absolute atomic E-state index is 5.79. The van der Waals surface area contributed by atoms with E-state index in [4.69, 9.17) is 9.97 Å². The molecule has 5 nitrogen and oxygen atoms in total. The minimum Gasteiger partial charge on any atom is -0.309 e. The third-order valence-electron chi connectivity index (χ3n) is 19.7. The number of hydrogen-bond donors (Lipinski definition) is 0. The Hall–Kier alpha value is -11.5. The molecule has 0 saturated heterocycles. The maximum atomic E-state index is 5.79. The Morgan fingerprint density at radius 3 is 1.03 bits per heavy atom. The van der Waals surface area contributed by atoms with Crippen molar-refractivity contribution in [1.29, 1.82) is 0 Å². The Kier molecular flexibility index (Phi) is 11.1. The fraction of sp³-hybridized carbons (Fsp3) is 0. The second-order valence-electron chi connectivity index (χ2n) is 24.8. The molecule has 21 aromatic rings. The van der Waals surface area contributed by atoms with Crippen LogP contribution < -0.4 is 0 Å². The van der Waals surface area contributed by atoms with Crippen molar-refractivity contribution in [1.82, 2.24) is 23.7 Å². The van der Waals surface area contributed by atoms with E-state index in [2.05, 4.69) is 311 Å². The summed E-state index contributed by atoms with van der Waals surface area (Å²) in [6.45, 7) is 0. The molecule has 94 heavy (non-hydrogen) atoms. The Morgan fingerprint density at radius 1 is 0.213 bits per heavy atom. The molecule has 0 saturated carbocycles. The lowest BCUT2D eigenvalue weighted by molar-refractivity contribution is 0.952. The number of aromatic nitrogens is 5. The molecule has 0 amide bonds. The van der Waals surface area contributed by atoms with E-state index in [9.17, 15) is 0 Å². The molecular weight excluding hydrogens is 1200 g/mol. The van der Waals surface area contributed by atoms with Crippen molar-refractivity contribution in [2.75, 3.05) is 0 Å². The summed E-state index contributed by atoms with van der Waals surface area (Å²) in [7, 11) is 0. The van der Waals surface area contributed by atoms with Crippen molar-refractivity contribution in [2.24, 2.45) is 0 Å². The lowest BCUT2D eigenvalue weighted by Crippen LogP contribution is -2.07. The van der Waals surface area contributed by atoms with Gasteiger partial charge in [-0.25, -0.2) is 4.98 Å². The highest BCUT2D eigenvalue weighted by Crippen LogP contribution is 2.45. The van der Waals surface area contributed by atoms with Gasteiger partial charge < -0.3 is 4.57 Å². The van der Waals surface area contributed by atoms with Gasteiger partial charge in [0.15, 0.2) is 0 Å². The molecular formula is C86H49N5S3. The first-order valence-electron chi connectivity index (χ1n) is 31.8. The van der Waals surface area contributed by atoms with E-state index >= 15 is 0 Å². The summed E-state index contributed by atoms with van der Waals surface area (Å²) in [6.07, 6.45) is 0. The Bertz CT molecular complexity index is 6580. The molecule has 0 aliphatic carbocycles. The zero-order valence-corrected chi connectivity index (χ0v) is 52.7. The third kappa shape index (κ3) is 7.73. The van der Waals surface area contributed by atoms with Gasteiger partial charge in [0.25, 0.3) is 0 Å². The summed E-state index contributed by atoms with van der Waals surface area (Å²) in [6, 6.07) is 110. The van der Waals surface area contributed by atoms with Gasteiger partial charge in [-0.05, 0) is 136 Å². The Balaban J connectivity index is 0.762. The average Bonchev–Trinajstić information content (AvgIpc) is 1.54. The number of nitrogens with zero attached hydrogens (tertiary/aromatic N) is 5. The standard InChI is InChI=1S/C86H49N5S3/c1-2-16-58-56(15-1)57(38-42-75(58)89-72-23-9-3-17-59(72)68-43-50(32-39-76(68)89)53-29-35-65-62-20-6-12-26-79(62)92-82(65)46-53)71-49-85(90-73-24-10-4-18-60(73)69-44-51(33-40-77(69)90)54-30-36-66-63-21-7-13-27-80(63)93-83(66)47-54)88-86(87-71)91-74-25-11-5-19-61(74)70-45-52(34-41-78(70)91)55-31-37-67-64-22-8-14-28-81(64)94-84(67)48-55/h1-49H. The molecule has 21 rings (SSSR count). The summed E-state index contributed by atoms with van der Waals surface area (Å²) in [5, 5.41) is 17.1. The van der Waals surface area contributed by atoms with Gasteiger partial charge in [-0.15, -0.1) is 34.0 Å². The number of benzene rings is 14. The van der Waals surface area contributed by atoms with Crippen LogP contribution in [0.4, 0.5) is 0 Å². The van der Waals surface area contributed by atoms with E-state index in [1.165, 1.54) is 105 Å². The highest BCUT2D eigenvalue weighted by molar-refractivity contribution is 7.26. The van der Waals surface area contributed by atoms with Crippen LogP contribution in [-0.4, -0.2) is 23.7 Å². The van der Waals surface area contributed by atoms with Crippen LogP contribution >= 0.6 is 34.0 Å². The van der Waals surface area contributed by atoms with Crippen LogP contribution in [0.25, 0.3) is 199 Å². The zero-order chi connectivity index (χ0) is 61.3. The van der Waals surface area contributed by atoms with Crippen LogP contribution in [0.1, 0.15) is 0 Å². The molecule has 0 aliphatic heterocycles. The fourth-order valence-corrected chi connectivity index (χ4v) is 18.8.